The molecule has 0 saturated carbocycles. The molecule has 0 atom stereocenters. The van der Waals surface area contributed by atoms with E-state index in [9.17, 15) is 9.59 Å². The first-order chi connectivity index (χ1) is 7.85. The fourth-order valence-electron chi connectivity index (χ4n) is 1.09. The molecular weight excluding hydrogens is 224 g/mol. The Bertz CT molecular complexity index is 248. The van der Waals surface area contributed by atoms with Crippen LogP contribution in [0.15, 0.2) is 0 Å². The largest absolute Gasteiger partial charge is 0.444 e. The summed E-state index contributed by atoms with van der Waals surface area (Å²) >= 11 is 0. The molecule has 0 aromatic rings. The minimum atomic E-state index is -0.495. The van der Waals surface area contributed by atoms with E-state index < -0.39 is 11.7 Å². The van der Waals surface area contributed by atoms with Gasteiger partial charge in [0.05, 0.1) is 0 Å². The van der Waals surface area contributed by atoms with E-state index in [0.717, 1.165) is 0 Å². The number of aliphatic hydroxyl groups excluding tert-OH is 1. The normalized spacial score (nSPS) is 10.8. The van der Waals surface area contributed by atoms with Crippen molar-refractivity contribution in [2.45, 2.75) is 45.6 Å². The van der Waals surface area contributed by atoms with Crippen molar-refractivity contribution in [1.29, 1.82) is 0 Å². The van der Waals surface area contributed by atoms with Crippen LogP contribution in [0.4, 0.5) is 4.79 Å². The van der Waals surface area contributed by atoms with Crippen LogP contribution in [0.5, 0.6) is 0 Å². The van der Waals surface area contributed by atoms with Crippen molar-refractivity contribution in [2.75, 3.05) is 13.3 Å². The van der Waals surface area contributed by atoms with Crippen LogP contribution in [-0.4, -0.2) is 36.0 Å². The van der Waals surface area contributed by atoms with Crippen molar-refractivity contribution in [3.05, 3.63) is 0 Å². The average molecular weight is 246 g/mol. The zero-order valence-corrected chi connectivity index (χ0v) is 10.7. The highest BCUT2D eigenvalue weighted by molar-refractivity contribution is 5.75. The second kappa shape index (κ2) is 7.89. The average Bonchev–Trinajstić information content (AvgIpc) is 2.14. The van der Waals surface area contributed by atoms with E-state index in [4.69, 9.17) is 9.84 Å². The highest BCUT2D eigenvalue weighted by Crippen LogP contribution is 2.06. The molecule has 100 valence electrons. The van der Waals surface area contributed by atoms with Gasteiger partial charge in [-0.1, -0.05) is 0 Å². The summed E-state index contributed by atoms with van der Waals surface area (Å²) in [5, 5.41) is 13.3. The van der Waals surface area contributed by atoms with Gasteiger partial charge in [0.25, 0.3) is 0 Å². The van der Waals surface area contributed by atoms with Crippen LogP contribution in [0.1, 0.15) is 40.0 Å². The van der Waals surface area contributed by atoms with Gasteiger partial charge in [0.1, 0.15) is 12.3 Å². The Hall–Kier alpha value is -1.30. The van der Waals surface area contributed by atoms with Gasteiger partial charge in [0.2, 0.25) is 5.91 Å². The van der Waals surface area contributed by atoms with Gasteiger partial charge in [-0.15, -0.1) is 0 Å². The van der Waals surface area contributed by atoms with Crippen molar-refractivity contribution >= 4 is 12.0 Å². The molecule has 17 heavy (non-hydrogen) atoms. The maximum absolute atomic E-state index is 11.2. The summed E-state index contributed by atoms with van der Waals surface area (Å²) in [7, 11) is 0. The molecule has 0 aliphatic heterocycles. The maximum Gasteiger partial charge on any atom is 0.407 e. The standard InChI is InChI=1S/C11H22N2O4/c1-11(2,3)17-10(16)12-7-5-4-6-9(15)13-8-14/h14H,4-8H2,1-3H3,(H,12,16)(H,13,15). The molecule has 0 saturated heterocycles. The Morgan fingerprint density at radius 1 is 1.18 bits per heavy atom. The predicted molar refractivity (Wildman–Crippen MR) is 63.3 cm³/mol. The van der Waals surface area contributed by atoms with Crippen molar-refractivity contribution in [1.82, 2.24) is 10.6 Å². The summed E-state index contributed by atoms with van der Waals surface area (Å²) in [6.45, 7) is 5.53. The van der Waals surface area contributed by atoms with E-state index in [1.165, 1.54) is 0 Å². The van der Waals surface area contributed by atoms with Gasteiger partial charge in [0, 0.05) is 13.0 Å². The van der Waals surface area contributed by atoms with Crippen molar-refractivity contribution in [2.24, 2.45) is 0 Å². The van der Waals surface area contributed by atoms with E-state index in [0.29, 0.717) is 25.8 Å². The Balaban J connectivity index is 3.46. The lowest BCUT2D eigenvalue weighted by Crippen LogP contribution is -2.33. The van der Waals surface area contributed by atoms with Gasteiger partial charge in [-0.2, -0.15) is 0 Å². The number of ether oxygens (including phenoxy) is 1. The summed E-state index contributed by atoms with van der Waals surface area (Å²) in [6, 6.07) is 0. The zero-order valence-electron chi connectivity index (χ0n) is 10.7. The lowest BCUT2D eigenvalue weighted by molar-refractivity contribution is -0.122. The van der Waals surface area contributed by atoms with Gasteiger partial charge in [0.15, 0.2) is 0 Å². The molecule has 0 spiro atoms. The number of amides is 2. The molecule has 3 N–H and O–H groups in total. The van der Waals surface area contributed by atoms with Gasteiger partial charge >= 0.3 is 6.09 Å². The van der Waals surface area contributed by atoms with Gasteiger partial charge in [-0.05, 0) is 33.6 Å². The number of alkyl carbamates (subject to hydrolysis) is 1. The Labute approximate surface area is 102 Å². The second-order valence-corrected chi connectivity index (χ2v) is 4.64. The third-order valence-electron chi connectivity index (χ3n) is 1.78. The zero-order chi connectivity index (χ0) is 13.3. The summed E-state index contributed by atoms with van der Waals surface area (Å²) < 4.78 is 5.04. The van der Waals surface area contributed by atoms with E-state index in [-0.39, 0.29) is 12.6 Å². The monoisotopic (exact) mass is 246 g/mol. The van der Waals surface area contributed by atoms with E-state index in [1.807, 2.05) is 0 Å². The van der Waals surface area contributed by atoms with E-state index >= 15 is 0 Å². The molecule has 0 rings (SSSR count). The molecule has 0 aromatic heterocycles. The number of aliphatic hydroxyl groups is 1. The molecule has 0 heterocycles. The molecular formula is C11H22N2O4. The minimum Gasteiger partial charge on any atom is -0.444 e. The maximum atomic E-state index is 11.2. The first-order valence-electron chi connectivity index (χ1n) is 5.69. The smallest absolute Gasteiger partial charge is 0.407 e. The first kappa shape index (κ1) is 15.7. The number of hydrogen-bond acceptors (Lipinski definition) is 4. The second-order valence-electron chi connectivity index (χ2n) is 4.64. The third kappa shape index (κ3) is 11.0. The number of rotatable bonds is 6. The van der Waals surface area contributed by atoms with Crippen LogP contribution in [-0.2, 0) is 9.53 Å². The van der Waals surface area contributed by atoms with Gasteiger partial charge in [-0.25, -0.2) is 4.79 Å². The fourth-order valence-corrected chi connectivity index (χ4v) is 1.09. The Morgan fingerprint density at radius 3 is 2.35 bits per heavy atom. The van der Waals surface area contributed by atoms with E-state index in [1.54, 1.807) is 20.8 Å². The topological polar surface area (TPSA) is 87.7 Å². The number of carbonyl (C=O) groups excluding carboxylic acids is 2. The summed E-state index contributed by atoms with van der Waals surface area (Å²) in [6.07, 6.45) is 1.24. The SMILES string of the molecule is CC(C)(C)OC(=O)NCCCCC(=O)NCO. The molecule has 0 unspecified atom stereocenters. The van der Waals surface area contributed by atoms with Crippen molar-refractivity contribution in [3.8, 4) is 0 Å². The van der Waals surface area contributed by atoms with Crippen molar-refractivity contribution < 1.29 is 19.4 Å². The van der Waals surface area contributed by atoms with Crippen LogP contribution < -0.4 is 10.6 Å². The summed E-state index contributed by atoms with van der Waals surface area (Å²) in [5.74, 6) is -0.190. The van der Waals surface area contributed by atoms with Gasteiger partial charge < -0.3 is 20.5 Å². The molecule has 0 bridgehead atoms. The summed E-state index contributed by atoms with van der Waals surface area (Å²) in [5.41, 5.74) is -0.495. The highest BCUT2D eigenvalue weighted by Gasteiger charge is 2.15. The number of unbranched alkanes of at least 4 members (excludes halogenated alkanes) is 1. The van der Waals surface area contributed by atoms with Crippen LogP contribution in [0.2, 0.25) is 0 Å². The van der Waals surface area contributed by atoms with Crippen LogP contribution in [0.3, 0.4) is 0 Å². The number of carbonyl (C=O) groups is 2. The molecule has 2 amide bonds. The number of hydrogen-bond donors (Lipinski definition) is 3. The lowest BCUT2D eigenvalue weighted by Gasteiger charge is -2.19. The molecule has 6 nitrogen and oxygen atoms in total. The molecule has 0 fully saturated rings. The molecule has 0 aromatic carbocycles. The Kier molecular flexibility index (Phi) is 7.29. The van der Waals surface area contributed by atoms with Crippen molar-refractivity contribution in [3.63, 3.8) is 0 Å². The highest BCUT2D eigenvalue weighted by atomic mass is 16.6. The molecule has 6 heteroatoms. The van der Waals surface area contributed by atoms with Gasteiger partial charge in [-0.3, -0.25) is 4.79 Å². The molecule has 0 aliphatic rings. The van der Waals surface area contributed by atoms with Crippen LogP contribution in [0.25, 0.3) is 0 Å². The predicted octanol–water partition coefficient (Wildman–Crippen LogP) is 0.747. The van der Waals surface area contributed by atoms with Crippen LogP contribution in [0, 0.1) is 0 Å². The van der Waals surface area contributed by atoms with Crippen LogP contribution >= 0.6 is 0 Å². The molecule has 0 radical (unpaired) electrons. The fraction of sp³-hybridized carbons (Fsp3) is 0.818. The van der Waals surface area contributed by atoms with E-state index in [2.05, 4.69) is 10.6 Å². The molecule has 0 aliphatic carbocycles. The third-order valence-corrected chi connectivity index (χ3v) is 1.78. The lowest BCUT2D eigenvalue weighted by atomic mass is 10.2. The number of nitrogens with one attached hydrogen (secondary N) is 2. The minimum absolute atomic E-state index is 0.190. The summed E-state index contributed by atoms with van der Waals surface area (Å²) in [4.78, 5) is 22.2. The Morgan fingerprint density at radius 2 is 1.82 bits per heavy atom. The quantitative estimate of drug-likeness (QED) is 0.476. The first-order valence-corrected chi connectivity index (χ1v) is 5.69.